The molecular formula is C19H19FN2O4. The Hall–Kier alpha value is -3.09. The molecule has 0 saturated heterocycles. The highest BCUT2D eigenvalue weighted by atomic mass is 19.1. The van der Waals surface area contributed by atoms with Crippen LogP contribution in [-0.2, 0) is 4.79 Å². The van der Waals surface area contributed by atoms with Crippen molar-refractivity contribution in [1.82, 2.24) is 5.01 Å². The molecule has 0 saturated carbocycles. The Balaban J connectivity index is 1.97. The fraction of sp³-hybridized carbons (Fsp3) is 0.263. The fourth-order valence-corrected chi connectivity index (χ4v) is 3.00. The van der Waals surface area contributed by atoms with Gasteiger partial charge in [0.2, 0.25) is 12.2 Å². The van der Waals surface area contributed by atoms with Crippen LogP contribution in [0.2, 0.25) is 0 Å². The van der Waals surface area contributed by atoms with Gasteiger partial charge in [0.15, 0.2) is 11.5 Å². The number of carbonyl (C=O) groups is 1. The van der Waals surface area contributed by atoms with E-state index in [4.69, 9.17) is 14.2 Å². The maximum absolute atomic E-state index is 13.2. The van der Waals surface area contributed by atoms with E-state index in [2.05, 4.69) is 5.10 Å². The van der Waals surface area contributed by atoms with Crippen molar-refractivity contribution < 1.29 is 23.4 Å². The van der Waals surface area contributed by atoms with E-state index in [9.17, 15) is 9.18 Å². The monoisotopic (exact) mass is 358 g/mol. The Morgan fingerprint density at radius 2 is 1.69 bits per heavy atom. The van der Waals surface area contributed by atoms with Gasteiger partial charge in [-0.1, -0.05) is 12.1 Å². The quantitative estimate of drug-likeness (QED) is 0.744. The Morgan fingerprint density at radius 3 is 2.19 bits per heavy atom. The summed E-state index contributed by atoms with van der Waals surface area (Å²) in [4.78, 5) is 11.5. The number of nitrogens with zero attached hydrogens (tertiary/aromatic N) is 2. The number of rotatable bonds is 6. The summed E-state index contributed by atoms with van der Waals surface area (Å²) in [6.45, 7) is 0. The average molecular weight is 358 g/mol. The number of methoxy groups -OCH3 is 3. The molecule has 136 valence electrons. The number of ether oxygens (including phenoxy) is 3. The number of hydrogen-bond acceptors (Lipinski definition) is 5. The largest absolute Gasteiger partial charge is 0.493 e. The minimum atomic E-state index is -0.324. The molecule has 6 nitrogen and oxygen atoms in total. The summed E-state index contributed by atoms with van der Waals surface area (Å²) in [6.07, 6.45) is 1.15. The van der Waals surface area contributed by atoms with E-state index in [-0.39, 0.29) is 11.9 Å². The van der Waals surface area contributed by atoms with Gasteiger partial charge in [-0.3, -0.25) is 4.79 Å². The van der Waals surface area contributed by atoms with E-state index in [1.165, 1.54) is 38.5 Å². The highest BCUT2D eigenvalue weighted by Gasteiger charge is 2.29. The van der Waals surface area contributed by atoms with Crippen molar-refractivity contribution in [2.24, 2.45) is 5.10 Å². The van der Waals surface area contributed by atoms with Gasteiger partial charge in [0.05, 0.1) is 33.1 Å². The lowest BCUT2D eigenvalue weighted by Crippen LogP contribution is -2.17. The second kappa shape index (κ2) is 7.43. The SMILES string of the molecule is COc1cc(C2=NN(C=O)[C@@H](c3ccc(F)cc3)C2)cc(OC)c1OC. The van der Waals surface area contributed by atoms with Crippen LogP contribution in [0, 0.1) is 5.82 Å². The number of hydrazone groups is 1. The molecule has 1 heterocycles. The van der Waals surface area contributed by atoms with Crippen molar-refractivity contribution in [3.05, 3.63) is 53.3 Å². The van der Waals surface area contributed by atoms with E-state index < -0.39 is 0 Å². The molecule has 1 amide bonds. The summed E-state index contributed by atoms with van der Waals surface area (Å²) >= 11 is 0. The van der Waals surface area contributed by atoms with Crippen molar-refractivity contribution in [2.45, 2.75) is 12.5 Å². The molecular weight excluding hydrogens is 339 g/mol. The predicted molar refractivity (Wildman–Crippen MR) is 94.3 cm³/mol. The third-order valence-electron chi connectivity index (χ3n) is 4.30. The summed E-state index contributed by atoms with van der Waals surface area (Å²) in [6, 6.07) is 9.34. The lowest BCUT2D eigenvalue weighted by Gasteiger charge is -2.17. The molecule has 0 aliphatic carbocycles. The number of amides is 1. The molecule has 3 rings (SSSR count). The van der Waals surface area contributed by atoms with E-state index in [0.717, 1.165) is 11.1 Å². The van der Waals surface area contributed by atoms with Crippen LogP contribution < -0.4 is 14.2 Å². The van der Waals surface area contributed by atoms with Crippen molar-refractivity contribution in [2.75, 3.05) is 21.3 Å². The number of carbonyl (C=O) groups excluding carboxylic acids is 1. The Labute approximate surface area is 150 Å². The van der Waals surface area contributed by atoms with Gasteiger partial charge >= 0.3 is 0 Å². The van der Waals surface area contributed by atoms with Gasteiger partial charge < -0.3 is 14.2 Å². The molecule has 0 unspecified atom stereocenters. The second-order valence-electron chi connectivity index (χ2n) is 5.72. The van der Waals surface area contributed by atoms with E-state index in [1.54, 1.807) is 24.3 Å². The molecule has 26 heavy (non-hydrogen) atoms. The number of halogens is 1. The zero-order valence-corrected chi connectivity index (χ0v) is 14.7. The van der Waals surface area contributed by atoms with E-state index in [1.807, 2.05) is 0 Å². The predicted octanol–water partition coefficient (Wildman–Crippen LogP) is 3.16. The van der Waals surface area contributed by atoms with Gasteiger partial charge in [-0.05, 0) is 29.8 Å². The van der Waals surface area contributed by atoms with Crippen LogP contribution >= 0.6 is 0 Å². The summed E-state index contributed by atoms with van der Waals surface area (Å²) in [7, 11) is 4.61. The Kier molecular flexibility index (Phi) is 5.06. The van der Waals surface area contributed by atoms with Crippen molar-refractivity contribution in [1.29, 1.82) is 0 Å². The summed E-state index contributed by atoms with van der Waals surface area (Å²) < 4.78 is 29.3. The molecule has 0 bridgehead atoms. The molecule has 0 aromatic heterocycles. The highest BCUT2D eigenvalue weighted by Crippen LogP contribution is 2.40. The minimum absolute atomic E-state index is 0.290. The molecule has 0 N–H and O–H groups in total. The zero-order valence-electron chi connectivity index (χ0n) is 14.7. The molecule has 2 aromatic rings. The summed E-state index contributed by atoms with van der Waals surface area (Å²) in [5, 5.41) is 5.74. The van der Waals surface area contributed by atoms with Gasteiger partial charge in [0.1, 0.15) is 5.82 Å². The van der Waals surface area contributed by atoms with Crippen molar-refractivity contribution in [3.8, 4) is 17.2 Å². The molecule has 0 spiro atoms. The minimum Gasteiger partial charge on any atom is -0.493 e. The van der Waals surface area contributed by atoms with Gasteiger partial charge in [0.25, 0.3) is 0 Å². The third-order valence-corrected chi connectivity index (χ3v) is 4.30. The van der Waals surface area contributed by atoms with E-state index >= 15 is 0 Å². The molecule has 7 heteroatoms. The molecule has 1 atom stereocenters. The number of benzene rings is 2. The van der Waals surface area contributed by atoms with Crippen molar-refractivity contribution in [3.63, 3.8) is 0 Å². The first kappa shape index (κ1) is 17.7. The molecule has 1 aliphatic rings. The normalized spacial score (nSPS) is 16.2. The maximum Gasteiger partial charge on any atom is 0.230 e. The first-order valence-corrected chi connectivity index (χ1v) is 7.98. The highest BCUT2D eigenvalue weighted by molar-refractivity contribution is 6.03. The third kappa shape index (κ3) is 3.20. The van der Waals surface area contributed by atoms with Gasteiger partial charge in [-0.2, -0.15) is 5.10 Å². The molecule has 1 aliphatic heterocycles. The molecule has 2 aromatic carbocycles. The number of hydrogen-bond donors (Lipinski definition) is 0. The molecule has 0 radical (unpaired) electrons. The lowest BCUT2D eigenvalue weighted by molar-refractivity contribution is -0.119. The first-order valence-electron chi connectivity index (χ1n) is 7.98. The van der Waals surface area contributed by atoms with Crippen LogP contribution in [0.3, 0.4) is 0 Å². The summed E-state index contributed by atoms with van der Waals surface area (Å²) in [5.74, 6) is 1.18. The first-order chi connectivity index (χ1) is 12.6. The van der Waals surface area contributed by atoms with Gasteiger partial charge in [0, 0.05) is 12.0 Å². The topological polar surface area (TPSA) is 60.4 Å². The second-order valence-corrected chi connectivity index (χ2v) is 5.72. The van der Waals surface area contributed by atoms with Gasteiger partial charge in [-0.15, -0.1) is 0 Å². The fourth-order valence-electron chi connectivity index (χ4n) is 3.00. The Bertz CT molecular complexity index is 811. The van der Waals surface area contributed by atoms with Crippen LogP contribution in [0.4, 0.5) is 4.39 Å². The van der Waals surface area contributed by atoms with Crippen LogP contribution in [0.25, 0.3) is 0 Å². The van der Waals surface area contributed by atoms with Gasteiger partial charge in [-0.25, -0.2) is 9.40 Å². The van der Waals surface area contributed by atoms with Crippen molar-refractivity contribution >= 4 is 12.1 Å². The summed E-state index contributed by atoms with van der Waals surface area (Å²) in [5.41, 5.74) is 2.27. The zero-order chi connectivity index (χ0) is 18.7. The van der Waals surface area contributed by atoms with Crippen LogP contribution in [0.1, 0.15) is 23.6 Å². The van der Waals surface area contributed by atoms with Crippen LogP contribution in [0.5, 0.6) is 17.2 Å². The molecule has 0 fully saturated rings. The maximum atomic E-state index is 13.2. The Morgan fingerprint density at radius 1 is 1.08 bits per heavy atom. The average Bonchev–Trinajstić information content (AvgIpc) is 3.11. The smallest absolute Gasteiger partial charge is 0.230 e. The standard InChI is InChI=1S/C19H19FN2O4/c1-24-17-8-13(9-18(25-2)19(17)26-3)15-10-16(22(11-23)21-15)12-4-6-14(20)7-5-12/h4-9,11,16H,10H2,1-3H3/t16-/m1/s1. The van der Waals surface area contributed by atoms with Crippen LogP contribution in [-0.4, -0.2) is 38.5 Å². The lowest BCUT2D eigenvalue weighted by atomic mass is 9.98. The van der Waals surface area contributed by atoms with E-state index in [0.29, 0.717) is 35.8 Å². The van der Waals surface area contributed by atoms with Crippen LogP contribution in [0.15, 0.2) is 41.5 Å².